The molecule has 1 aromatic carbocycles. The van der Waals surface area contributed by atoms with Crippen LogP contribution in [-0.2, 0) is 21.4 Å². The number of amides is 1. The second kappa shape index (κ2) is 9.02. The highest BCUT2D eigenvalue weighted by atomic mass is 32.2. The Hall–Kier alpha value is -2.36. The number of hydrogen-bond donors (Lipinski definition) is 1. The molecular formula is C22H30N4O4S. The van der Waals surface area contributed by atoms with Crippen LogP contribution in [0.2, 0.25) is 0 Å². The number of rotatable bonds is 7. The van der Waals surface area contributed by atoms with Crippen molar-refractivity contribution in [2.45, 2.75) is 44.2 Å². The van der Waals surface area contributed by atoms with Crippen LogP contribution < -0.4 is 10.1 Å². The highest BCUT2D eigenvalue weighted by Gasteiger charge is 2.31. The van der Waals surface area contributed by atoms with Crippen molar-refractivity contribution in [3.63, 3.8) is 0 Å². The van der Waals surface area contributed by atoms with Crippen LogP contribution in [0, 0.1) is 0 Å². The second-order valence-corrected chi connectivity index (χ2v) is 9.93. The average Bonchev–Trinajstić information content (AvgIpc) is 3.44. The maximum Gasteiger partial charge on any atom is 0.246 e. The number of anilines is 1. The van der Waals surface area contributed by atoms with E-state index < -0.39 is 10.0 Å². The van der Waals surface area contributed by atoms with Gasteiger partial charge in [0.2, 0.25) is 15.9 Å². The summed E-state index contributed by atoms with van der Waals surface area (Å²) in [4.78, 5) is 15.0. The van der Waals surface area contributed by atoms with Gasteiger partial charge in [0, 0.05) is 49.8 Å². The summed E-state index contributed by atoms with van der Waals surface area (Å²) in [6, 6.07) is 9.08. The number of carbonyl (C=O) groups excluding carboxylic acids is 1. The predicted molar refractivity (Wildman–Crippen MR) is 119 cm³/mol. The van der Waals surface area contributed by atoms with Crippen LogP contribution in [-0.4, -0.2) is 60.9 Å². The number of aromatic nitrogens is 1. The van der Waals surface area contributed by atoms with Crippen LogP contribution in [0.1, 0.15) is 38.4 Å². The van der Waals surface area contributed by atoms with Gasteiger partial charge in [-0.25, -0.2) is 8.42 Å². The van der Waals surface area contributed by atoms with E-state index in [0.29, 0.717) is 31.1 Å². The van der Waals surface area contributed by atoms with Crippen molar-refractivity contribution < 1.29 is 17.9 Å². The number of ether oxygens (including phenoxy) is 1. The fourth-order valence-corrected chi connectivity index (χ4v) is 6.03. The zero-order valence-electron chi connectivity index (χ0n) is 18.1. The third-order valence-corrected chi connectivity index (χ3v) is 7.95. The van der Waals surface area contributed by atoms with Crippen molar-refractivity contribution in [3.05, 3.63) is 42.2 Å². The molecule has 2 aromatic rings. The minimum absolute atomic E-state index is 0.109. The van der Waals surface area contributed by atoms with E-state index in [2.05, 4.69) is 34.0 Å². The summed E-state index contributed by atoms with van der Waals surface area (Å²) in [5.74, 6) is 0.151. The van der Waals surface area contributed by atoms with Crippen LogP contribution in [0.15, 0.2) is 41.4 Å². The molecule has 0 radical (unpaired) electrons. The smallest absolute Gasteiger partial charge is 0.246 e. The van der Waals surface area contributed by atoms with Gasteiger partial charge in [-0.05, 0) is 57.0 Å². The van der Waals surface area contributed by atoms with Gasteiger partial charge in [0.15, 0.2) is 0 Å². The van der Waals surface area contributed by atoms with Crippen LogP contribution in [0.4, 0.5) is 5.69 Å². The van der Waals surface area contributed by atoms with Crippen molar-refractivity contribution in [2.75, 3.05) is 38.1 Å². The Labute approximate surface area is 183 Å². The van der Waals surface area contributed by atoms with Crippen LogP contribution in [0.5, 0.6) is 5.75 Å². The Bertz CT molecular complexity index is 1040. The van der Waals surface area contributed by atoms with Gasteiger partial charge in [-0.2, -0.15) is 4.31 Å². The quantitative estimate of drug-likeness (QED) is 0.707. The fraction of sp³-hybridized carbons (Fsp3) is 0.500. The molecule has 3 heterocycles. The third kappa shape index (κ3) is 4.49. The molecule has 1 fully saturated rings. The SMILES string of the molecule is CCOc1ccc(NC(=O)CN2CCn3cccc3C2C)cc1S(=O)(=O)N1CCCC1. The van der Waals surface area contributed by atoms with E-state index >= 15 is 0 Å². The van der Waals surface area contributed by atoms with E-state index in [9.17, 15) is 13.2 Å². The molecule has 0 spiro atoms. The summed E-state index contributed by atoms with van der Waals surface area (Å²) in [5.41, 5.74) is 1.65. The van der Waals surface area contributed by atoms with Crippen molar-refractivity contribution in [1.82, 2.24) is 13.8 Å². The number of carbonyl (C=O) groups is 1. The van der Waals surface area contributed by atoms with Crippen molar-refractivity contribution in [1.29, 1.82) is 0 Å². The van der Waals surface area contributed by atoms with Gasteiger partial charge in [-0.15, -0.1) is 0 Å². The van der Waals surface area contributed by atoms with Gasteiger partial charge in [0.05, 0.1) is 13.2 Å². The molecule has 2 aliphatic rings. The maximum absolute atomic E-state index is 13.1. The summed E-state index contributed by atoms with van der Waals surface area (Å²) < 4.78 is 35.6. The molecule has 1 saturated heterocycles. The lowest BCUT2D eigenvalue weighted by Crippen LogP contribution is -2.41. The zero-order valence-corrected chi connectivity index (χ0v) is 18.9. The molecule has 1 N–H and O–H groups in total. The number of fused-ring (bicyclic) bond motifs is 1. The van der Waals surface area contributed by atoms with Gasteiger partial charge >= 0.3 is 0 Å². The molecule has 1 unspecified atom stereocenters. The Balaban J connectivity index is 1.50. The Morgan fingerprint density at radius 1 is 1.16 bits per heavy atom. The zero-order chi connectivity index (χ0) is 22.0. The Morgan fingerprint density at radius 3 is 2.68 bits per heavy atom. The predicted octanol–water partition coefficient (Wildman–Crippen LogP) is 2.69. The van der Waals surface area contributed by atoms with E-state index in [0.717, 1.165) is 25.9 Å². The van der Waals surface area contributed by atoms with Gasteiger partial charge in [-0.3, -0.25) is 9.69 Å². The van der Waals surface area contributed by atoms with E-state index in [4.69, 9.17) is 4.74 Å². The molecule has 0 bridgehead atoms. The maximum atomic E-state index is 13.1. The van der Waals surface area contributed by atoms with Crippen LogP contribution >= 0.6 is 0 Å². The molecule has 4 rings (SSSR count). The molecule has 1 aromatic heterocycles. The summed E-state index contributed by atoms with van der Waals surface area (Å²) in [6.07, 6.45) is 3.78. The largest absolute Gasteiger partial charge is 0.492 e. The molecule has 1 amide bonds. The first kappa shape index (κ1) is 21.9. The molecule has 8 nitrogen and oxygen atoms in total. The molecule has 9 heteroatoms. The molecule has 168 valence electrons. The van der Waals surface area contributed by atoms with E-state index in [-0.39, 0.29) is 23.4 Å². The minimum atomic E-state index is -3.67. The van der Waals surface area contributed by atoms with Gasteiger partial charge in [0.1, 0.15) is 10.6 Å². The lowest BCUT2D eigenvalue weighted by atomic mass is 10.1. The normalized spacial score (nSPS) is 19.9. The van der Waals surface area contributed by atoms with Gasteiger partial charge in [-0.1, -0.05) is 0 Å². The van der Waals surface area contributed by atoms with Gasteiger partial charge in [0.25, 0.3) is 0 Å². The van der Waals surface area contributed by atoms with Crippen molar-refractivity contribution in [2.24, 2.45) is 0 Å². The number of nitrogens with zero attached hydrogens (tertiary/aromatic N) is 3. The number of hydrogen-bond acceptors (Lipinski definition) is 5. The van der Waals surface area contributed by atoms with E-state index in [1.165, 1.54) is 16.1 Å². The Morgan fingerprint density at radius 2 is 1.94 bits per heavy atom. The summed E-state index contributed by atoms with van der Waals surface area (Å²) >= 11 is 0. The summed E-state index contributed by atoms with van der Waals surface area (Å²) in [7, 11) is -3.67. The summed E-state index contributed by atoms with van der Waals surface area (Å²) in [6.45, 7) is 7.18. The monoisotopic (exact) mass is 446 g/mol. The standard InChI is InChI=1S/C22H30N4O4S/c1-3-30-20-9-8-18(15-21(20)31(28,29)26-11-4-5-12-26)23-22(27)16-25-14-13-24-10-6-7-19(24)17(25)2/h6-10,15,17H,3-5,11-14,16H2,1-2H3,(H,23,27). The Kier molecular flexibility index (Phi) is 6.36. The molecule has 1 atom stereocenters. The molecule has 0 saturated carbocycles. The van der Waals surface area contributed by atoms with E-state index in [1.54, 1.807) is 12.1 Å². The average molecular weight is 447 g/mol. The van der Waals surface area contributed by atoms with Gasteiger partial charge < -0.3 is 14.6 Å². The molecule has 2 aliphatic heterocycles. The number of nitrogens with one attached hydrogen (secondary N) is 1. The first-order valence-corrected chi connectivity index (χ1v) is 12.3. The van der Waals surface area contributed by atoms with Crippen molar-refractivity contribution >= 4 is 21.6 Å². The van der Waals surface area contributed by atoms with Crippen LogP contribution in [0.3, 0.4) is 0 Å². The minimum Gasteiger partial charge on any atom is -0.492 e. The lowest BCUT2D eigenvalue weighted by molar-refractivity contribution is -0.118. The third-order valence-electron chi connectivity index (χ3n) is 6.03. The first-order valence-electron chi connectivity index (χ1n) is 10.9. The second-order valence-electron chi connectivity index (χ2n) is 8.03. The number of sulfonamides is 1. The fourth-order valence-electron chi connectivity index (χ4n) is 4.36. The topological polar surface area (TPSA) is 83.9 Å². The van der Waals surface area contributed by atoms with Crippen LogP contribution in [0.25, 0.3) is 0 Å². The molecule has 0 aliphatic carbocycles. The highest BCUT2D eigenvalue weighted by Crippen LogP contribution is 2.32. The highest BCUT2D eigenvalue weighted by molar-refractivity contribution is 7.89. The summed E-state index contributed by atoms with van der Waals surface area (Å²) in [5, 5.41) is 2.87. The molecule has 31 heavy (non-hydrogen) atoms. The van der Waals surface area contributed by atoms with Crippen molar-refractivity contribution in [3.8, 4) is 5.75 Å². The lowest BCUT2D eigenvalue weighted by Gasteiger charge is -2.34. The van der Waals surface area contributed by atoms with E-state index in [1.807, 2.05) is 13.0 Å². The first-order chi connectivity index (χ1) is 14.9. The molecular weight excluding hydrogens is 416 g/mol. The number of benzene rings is 1.